The molecule has 19 heavy (non-hydrogen) atoms. The highest BCUT2D eigenvalue weighted by Crippen LogP contribution is 2.19. The summed E-state index contributed by atoms with van der Waals surface area (Å²) in [6, 6.07) is 15.9. The Hall–Kier alpha value is -1.87. The van der Waals surface area contributed by atoms with Crippen molar-refractivity contribution in [2.75, 3.05) is 18.0 Å². The van der Waals surface area contributed by atoms with Crippen LogP contribution >= 0.6 is 0 Å². The Balaban J connectivity index is 2.08. The minimum absolute atomic E-state index is 0.286. The number of aliphatic hydroxyl groups is 1. The Labute approximate surface area is 113 Å². The lowest BCUT2D eigenvalue weighted by Crippen LogP contribution is -2.28. The van der Waals surface area contributed by atoms with E-state index < -0.39 is 6.10 Å². The van der Waals surface area contributed by atoms with E-state index in [0.717, 1.165) is 17.8 Å². The highest BCUT2D eigenvalue weighted by Gasteiger charge is 2.12. The number of nitrogens with zero attached hydrogens (tertiary/aromatic N) is 1. The number of halogens is 1. The summed E-state index contributed by atoms with van der Waals surface area (Å²) < 4.78 is 12.9. The SMILES string of the molecule is CCN(CC(O)c1ccc(F)cc1)c1ccccc1. The number of anilines is 1. The number of para-hydroxylation sites is 1. The van der Waals surface area contributed by atoms with Crippen LogP contribution in [-0.2, 0) is 0 Å². The van der Waals surface area contributed by atoms with E-state index in [1.165, 1.54) is 12.1 Å². The molecule has 0 saturated heterocycles. The molecule has 0 aromatic heterocycles. The second-order valence-electron chi connectivity index (χ2n) is 4.44. The van der Waals surface area contributed by atoms with Gasteiger partial charge in [0.05, 0.1) is 6.10 Å². The van der Waals surface area contributed by atoms with Crippen LogP contribution in [0.5, 0.6) is 0 Å². The zero-order chi connectivity index (χ0) is 13.7. The zero-order valence-corrected chi connectivity index (χ0v) is 11.0. The number of hydrogen-bond donors (Lipinski definition) is 1. The highest BCUT2D eigenvalue weighted by molar-refractivity contribution is 5.46. The molecule has 1 unspecified atom stereocenters. The Kier molecular flexibility index (Phi) is 4.53. The van der Waals surface area contributed by atoms with Gasteiger partial charge in [-0.3, -0.25) is 0 Å². The first-order chi connectivity index (χ1) is 9.20. The van der Waals surface area contributed by atoms with Gasteiger partial charge in [-0.2, -0.15) is 0 Å². The third kappa shape index (κ3) is 3.55. The topological polar surface area (TPSA) is 23.5 Å². The van der Waals surface area contributed by atoms with Crippen molar-refractivity contribution in [1.82, 2.24) is 0 Å². The summed E-state index contributed by atoms with van der Waals surface area (Å²) in [7, 11) is 0. The maximum absolute atomic E-state index is 12.9. The van der Waals surface area contributed by atoms with E-state index >= 15 is 0 Å². The van der Waals surface area contributed by atoms with Crippen LogP contribution in [0, 0.1) is 5.82 Å². The molecule has 0 radical (unpaired) electrons. The maximum atomic E-state index is 12.9. The molecule has 2 aromatic carbocycles. The van der Waals surface area contributed by atoms with Gasteiger partial charge in [0.15, 0.2) is 0 Å². The van der Waals surface area contributed by atoms with E-state index in [1.807, 2.05) is 37.3 Å². The normalized spacial score (nSPS) is 12.2. The van der Waals surface area contributed by atoms with Crippen molar-refractivity contribution >= 4 is 5.69 Å². The van der Waals surface area contributed by atoms with E-state index in [2.05, 4.69) is 4.90 Å². The van der Waals surface area contributed by atoms with Gasteiger partial charge in [-0.25, -0.2) is 4.39 Å². The lowest BCUT2D eigenvalue weighted by atomic mass is 10.1. The van der Waals surface area contributed by atoms with Gasteiger partial charge >= 0.3 is 0 Å². The minimum Gasteiger partial charge on any atom is -0.387 e. The number of hydrogen-bond acceptors (Lipinski definition) is 2. The minimum atomic E-state index is -0.624. The molecule has 0 aliphatic heterocycles. The van der Waals surface area contributed by atoms with Gasteiger partial charge in [-0.1, -0.05) is 30.3 Å². The molecule has 0 amide bonds. The van der Waals surface area contributed by atoms with E-state index in [9.17, 15) is 9.50 Å². The van der Waals surface area contributed by atoms with Crippen LogP contribution in [0.25, 0.3) is 0 Å². The summed E-state index contributed by atoms with van der Waals surface area (Å²) in [6.45, 7) is 3.35. The molecule has 2 rings (SSSR count). The monoisotopic (exact) mass is 259 g/mol. The average molecular weight is 259 g/mol. The maximum Gasteiger partial charge on any atom is 0.123 e. The lowest BCUT2D eigenvalue weighted by Gasteiger charge is -2.26. The molecular weight excluding hydrogens is 241 g/mol. The molecule has 0 fully saturated rings. The Morgan fingerprint density at radius 3 is 2.26 bits per heavy atom. The van der Waals surface area contributed by atoms with Crippen molar-refractivity contribution in [3.63, 3.8) is 0 Å². The van der Waals surface area contributed by atoms with Crippen LogP contribution in [0.4, 0.5) is 10.1 Å². The van der Waals surface area contributed by atoms with Crippen molar-refractivity contribution in [3.8, 4) is 0 Å². The largest absolute Gasteiger partial charge is 0.387 e. The smallest absolute Gasteiger partial charge is 0.123 e. The number of benzene rings is 2. The fourth-order valence-corrected chi connectivity index (χ4v) is 2.05. The Morgan fingerprint density at radius 2 is 1.68 bits per heavy atom. The van der Waals surface area contributed by atoms with Gasteiger partial charge < -0.3 is 10.0 Å². The van der Waals surface area contributed by atoms with Crippen molar-refractivity contribution in [2.24, 2.45) is 0 Å². The quantitative estimate of drug-likeness (QED) is 0.889. The molecule has 100 valence electrons. The summed E-state index contributed by atoms with van der Waals surface area (Å²) in [4.78, 5) is 2.09. The number of aliphatic hydroxyl groups excluding tert-OH is 1. The zero-order valence-electron chi connectivity index (χ0n) is 11.0. The fourth-order valence-electron chi connectivity index (χ4n) is 2.05. The summed E-state index contributed by atoms with van der Waals surface area (Å²) >= 11 is 0. The van der Waals surface area contributed by atoms with Gasteiger partial charge in [-0.15, -0.1) is 0 Å². The molecule has 1 atom stereocenters. The molecule has 0 heterocycles. The Bertz CT molecular complexity index is 498. The summed E-state index contributed by atoms with van der Waals surface area (Å²) in [5.41, 5.74) is 1.81. The summed E-state index contributed by atoms with van der Waals surface area (Å²) in [6.07, 6.45) is -0.624. The van der Waals surface area contributed by atoms with Gasteiger partial charge in [-0.05, 0) is 36.8 Å². The van der Waals surface area contributed by atoms with Crippen molar-refractivity contribution in [3.05, 3.63) is 66.0 Å². The lowest BCUT2D eigenvalue weighted by molar-refractivity contribution is 0.183. The molecule has 0 saturated carbocycles. The molecule has 3 heteroatoms. The van der Waals surface area contributed by atoms with Crippen LogP contribution in [0.15, 0.2) is 54.6 Å². The summed E-state index contributed by atoms with van der Waals surface area (Å²) in [5, 5.41) is 10.2. The standard InChI is InChI=1S/C16H18FNO/c1-2-18(15-6-4-3-5-7-15)12-16(19)13-8-10-14(17)11-9-13/h3-11,16,19H,2,12H2,1H3. The first-order valence-electron chi connectivity index (χ1n) is 6.44. The molecule has 1 N–H and O–H groups in total. The fraction of sp³-hybridized carbons (Fsp3) is 0.250. The van der Waals surface area contributed by atoms with Crippen molar-refractivity contribution in [1.29, 1.82) is 0 Å². The third-order valence-corrected chi connectivity index (χ3v) is 3.15. The van der Waals surface area contributed by atoms with E-state index in [0.29, 0.717) is 6.54 Å². The number of likely N-dealkylation sites (N-methyl/N-ethyl adjacent to an activating group) is 1. The van der Waals surface area contributed by atoms with Crippen LogP contribution < -0.4 is 4.90 Å². The second-order valence-corrected chi connectivity index (χ2v) is 4.44. The van der Waals surface area contributed by atoms with Gasteiger partial charge in [0, 0.05) is 18.8 Å². The van der Waals surface area contributed by atoms with E-state index in [1.54, 1.807) is 12.1 Å². The first-order valence-corrected chi connectivity index (χ1v) is 6.44. The van der Waals surface area contributed by atoms with Crippen LogP contribution in [0.2, 0.25) is 0 Å². The molecule has 2 nitrogen and oxygen atoms in total. The summed E-state index contributed by atoms with van der Waals surface area (Å²) in [5.74, 6) is -0.286. The molecule has 0 aliphatic carbocycles. The van der Waals surface area contributed by atoms with Crippen molar-refractivity contribution < 1.29 is 9.50 Å². The predicted molar refractivity (Wildman–Crippen MR) is 75.7 cm³/mol. The van der Waals surface area contributed by atoms with Crippen LogP contribution in [-0.4, -0.2) is 18.2 Å². The molecule has 0 bridgehead atoms. The van der Waals surface area contributed by atoms with Gasteiger partial charge in [0.1, 0.15) is 5.82 Å². The predicted octanol–water partition coefficient (Wildman–Crippen LogP) is 3.39. The second kappa shape index (κ2) is 6.34. The number of rotatable bonds is 5. The molecule has 2 aromatic rings. The van der Waals surface area contributed by atoms with Gasteiger partial charge in [0.2, 0.25) is 0 Å². The molecular formula is C16H18FNO. The van der Waals surface area contributed by atoms with Crippen LogP contribution in [0.3, 0.4) is 0 Å². The molecule has 0 spiro atoms. The van der Waals surface area contributed by atoms with Crippen LogP contribution in [0.1, 0.15) is 18.6 Å². The van der Waals surface area contributed by atoms with E-state index in [-0.39, 0.29) is 5.82 Å². The Morgan fingerprint density at radius 1 is 1.05 bits per heavy atom. The average Bonchev–Trinajstić information content (AvgIpc) is 2.46. The van der Waals surface area contributed by atoms with Gasteiger partial charge in [0.25, 0.3) is 0 Å². The third-order valence-electron chi connectivity index (χ3n) is 3.15. The van der Waals surface area contributed by atoms with Crippen molar-refractivity contribution in [2.45, 2.75) is 13.0 Å². The highest BCUT2D eigenvalue weighted by atomic mass is 19.1. The first kappa shape index (κ1) is 13.6. The van der Waals surface area contributed by atoms with E-state index in [4.69, 9.17) is 0 Å². The molecule has 0 aliphatic rings.